The molecule has 0 aliphatic heterocycles. The minimum absolute atomic E-state index is 0.0985. The first-order valence-corrected chi connectivity index (χ1v) is 11.2. The first-order valence-electron chi connectivity index (χ1n) is 9.57. The van der Waals surface area contributed by atoms with Gasteiger partial charge in [-0.05, 0) is 42.8 Å². The van der Waals surface area contributed by atoms with Crippen LogP contribution in [0.5, 0.6) is 0 Å². The Hall–Kier alpha value is -3.39. The highest BCUT2D eigenvalue weighted by molar-refractivity contribution is 7.90. The minimum Gasteiger partial charge on any atom is -0.455 e. The SMILES string of the molecule is O=C(NCCCn1cnc2ccccc21)c1ccc(CS(=O)(=O)c2ccccc2)o1. The number of rotatable bonds is 8. The number of fused-ring (bicyclic) bond motifs is 1. The molecule has 4 aromatic rings. The molecule has 0 fully saturated rings. The Kier molecular flexibility index (Phi) is 5.67. The smallest absolute Gasteiger partial charge is 0.286 e. The van der Waals surface area contributed by atoms with Crippen molar-refractivity contribution in [1.82, 2.24) is 14.9 Å². The van der Waals surface area contributed by atoms with Crippen molar-refractivity contribution < 1.29 is 17.6 Å². The molecular weight excluding hydrogens is 402 g/mol. The molecule has 2 aromatic carbocycles. The normalized spacial score (nSPS) is 11.6. The number of sulfone groups is 1. The molecule has 2 aromatic heterocycles. The van der Waals surface area contributed by atoms with Gasteiger partial charge >= 0.3 is 0 Å². The Morgan fingerprint density at radius 1 is 1.00 bits per heavy atom. The van der Waals surface area contributed by atoms with Crippen molar-refractivity contribution in [1.29, 1.82) is 0 Å². The summed E-state index contributed by atoms with van der Waals surface area (Å²) in [6, 6.07) is 19.1. The summed E-state index contributed by atoms with van der Waals surface area (Å²) in [6.07, 6.45) is 2.51. The minimum atomic E-state index is -3.52. The Bertz CT molecular complexity index is 1260. The fourth-order valence-electron chi connectivity index (χ4n) is 3.20. The van der Waals surface area contributed by atoms with Crippen LogP contribution in [0, 0.1) is 0 Å². The van der Waals surface area contributed by atoms with Gasteiger partial charge in [-0.15, -0.1) is 0 Å². The summed E-state index contributed by atoms with van der Waals surface area (Å²) in [5, 5.41) is 2.80. The van der Waals surface area contributed by atoms with Crippen LogP contribution in [0.1, 0.15) is 22.7 Å². The van der Waals surface area contributed by atoms with Crippen LogP contribution < -0.4 is 5.32 Å². The fourth-order valence-corrected chi connectivity index (χ4v) is 4.47. The maximum Gasteiger partial charge on any atom is 0.286 e. The van der Waals surface area contributed by atoms with E-state index in [1.165, 1.54) is 24.3 Å². The molecule has 0 spiro atoms. The number of aromatic nitrogens is 2. The van der Waals surface area contributed by atoms with E-state index in [-0.39, 0.29) is 28.1 Å². The summed E-state index contributed by atoms with van der Waals surface area (Å²) in [5.41, 5.74) is 1.99. The highest BCUT2D eigenvalue weighted by Gasteiger charge is 2.19. The van der Waals surface area contributed by atoms with Crippen LogP contribution in [0.25, 0.3) is 11.0 Å². The molecule has 8 heteroatoms. The molecule has 0 bridgehead atoms. The Balaban J connectivity index is 1.30. The van der Waals surface area contributed by atoms with Crippen LogP contribution in [0.2, 0.25) is 0 Å². The summed E-state index contributed by atoms with van der Waals surface area (Å²) in [6.45, 7) is 1.18. The van der Waals surface area contributed by atoms with Crippen molar-refractivity contribution in [2.75, 3.05) is 6.54 Å². The molecule has 0 aliphatic carbocycles. The third kappa shape index (κ3) is 4.44. The number of amides is 1. The molecule has 0 saturated heterocycles. The van der Waals surface area contributed by atoms with Crippen molar-refractivity contribution in [3.8, 4) is 0 Å². The van der Waals surface area contributed by atoms with Gasteiger partial charge in [0.2, 0.25) is 0 Å². The number of hydrogen-bond acceptors (Lipinski definition) is 5. The molecule has 0 saturated carbocycles. The zero-order chi connectivity index (χ0) is 21.0. The lowest BCUT2D eigenvalue weighted by molar-refractivity contribution is 0.0923. The van der Waals surface area contributed by atoms with E-state index in [4.69, 9.17) is 4.42 Å². The number of imidazole rings is 1. The van der Waals surface area contributed by atoms with Gasteiger partial charge in [0.25, 0.3) is 5.91 Å². The Labute approximate surface area is 174 Å². The largest absolute Gasteiger partial charge is 0.455 e. The van der Waals surface area contributed by atoms with Crippen molar-refractivity contribution in [3.05, 3.63) is 84.6 Å². The van der Waals surface area contributed by atoms with Crippen molar-refractivity contribution >= 4 is 26.8 Å². The number of hydrogen-bond donors (Lipinski definition) is 1. The van der Waals surface area contributed by atoms with Crippen molar-refractivity contribution in [3.63, 3.8) is 0 Å². The number of carbonyl (C=O) groups excluding carboxylic acids is 1. The number of benzene rings is 2. The second-order valence-corrected chi connectivity index (χ2v) is 8.86. The molecule has 0 unspecified atom stereocenters. The van der Waals surface area contributed by atoms with E-state index < -0.39 is 9.84 Å². The molecule has 0 radical (unpaired) electrons. The molecule has 30 heavy (non-hydrogen) atoms. The molecular formula is C22H21N3O4S. The highest BCUT2D eigenvalue weighted by Crippen LogP contribution is 2.18. The average Bonchev–Trinajstić information content (AvgIpc) is 3.39. The van der Waals surface area contributed by atoms with Gasteiger partial charge in [-0.3, -0.25) is 4.79 Å². The predicted molar refractivity (Wildman–Crippen MR) is 113 cm³/mol. The Morgan fingerprint density at radius 3 is 2.60 bits per heavy atom. The third-order valence-corrected chi connectivity index (χ3v) is 6.36. The zero-order valence-corrected chi connectivity index (χ0v) is 17.0. The first kappa shape index (κ1) is 19.9. The lowest BCUT2D eigenvalue weighted by atomic mass is 10.3. The van der Waals surface area contributed by atoms with E-state index in [0.29, 0.717) is 6.54 Å². The van der Waals surface area contributed by atoms with Gasteiger partial charge < -0.3 is 14.3 Å². The number of para-hydroxylation sites is 2. The summed E-state index contributed by atoms with van der Waals surface area (Å²) in [5.74, 6) is -0.332. The second-order valence-electron chi connectivity index (χ2n) is 6.87. The molecule has 2 heterocycles. The van der Waals surface area contributed by atoms with Gasteiger partial charge in [-0.2, -0.15) is 0 Å². The highest BCUT2D eigenvalue weighted by atomic mass is 32.2. The number of aryl methyl sites for hydroxylation is 1. The molecule has 7 nitrogen and oxygen atoms in total. The lowest BCUT2D eigenvalue weighted by Gasteiger charge is -2.06. The van der Waals surface area contributed by atoms with Crippen LogP contribution in [-0.2, 0) is 22.1 Å². The molecule has 0 aliphatic rings. The van der Waals surface area contributed by atoms with Gasteiger partial charge in [0.1, 0.15) is 11.5 Å². The molecule has 154 valence electrons. The van der Waals surface area contributed by atoms with Crippen LogP contribution >= 0.6 is 0 Å². The van der Waals surface area contributed by atoms with Crippen LogP contribution in [0.4, 0.5) is 0 Å². The number of furan rings is 1. The maximum atomic E-state index is 12.4. The van der Waals surface area contributed by atoms with Gasteiger partial charge in [0.15, 0.2) is 15.6 Å². The van der Waals surface area contributed by atoms with E-state index in [1.54, 1.807) is 24.5 Å². The van der Waals surface area contributed by atoms with Crippen LogP contribution in [0.3, 0.4) is 0 Å². The van der Waals surface area contributed by atoms with Crippen molar-refractivity contribution in [2.45, 2.75) is 23.6 Å². The second kappa shape index (κ2) is 8.54. The monoisotopic (exact) mass is 423 g/mol. The topological polar surface area (TPSA) is 94.2 Å². The van der Waals surface area contributed by atoms with E-state index in [2.05, 4.69) is 10.3 Å². The summed E-state index contributed by atoms with van der Waals surface area (Å²) in [4.78, 5) is 16.9. The number of nitrogens with zero attached hydrogens (tertiary/aromatic N) is 2. The van der Waals surface area contributed by atoms with Gasteiger partial charge in [-0.25, -0.2) is 13.4 Å². The van der Waals surface area contributed by atoms with E-state index in [9.17, 15) is 13.2 Å². The van der Waals surface area contributed by atoms with E-state index in [1.807, 2.05) is 28.8 Å². The molecule has 4 rings (SSSR count). The lowest BCUT2D eigenvalue weighted by Crippen LogP contribution is -2.24. The quantitative estimate of drug-likeness (QED) is 0.438. The van der Waals surface area contributed by atoms with E-state index >= 15 is 0 Å². The van der Waals surface area contributed by atoms with Gasteiger partial charge in [-0.1, -0.05) is 30.3 Å². The third-order valence-electron chi connectivity index (χ3n) is 4.71. The molecule has 1 amide bonds. The van der Waals surface area contributed by atoms with E-state index in [0.717, 1.165) is 24.0 Å². The number of carbonyl (C=O) groups is 1. The predicted octanol–water partition coefficient (Wildman–Crippen LogP) is 3.42. The summed E-state index contributed by atoms with van der Waals surface area (Å²) >= 11 is 0. The molecule has 1 N–H and O–H groups in total. The first-order chi connectivity index (χ1) is 14.5. The summed E-state index contributed by atoms with van der Waals surface area (Å²) < 4.78 is 32.4. The average molecular weight is 423 g/mol. The van der Waals surface area contributed by atoms with Crippen LogP contribution in [-0.4, -0.2) is 30.4 Å². The standard InChI is InChI=1S/C22H21N3O4S/c26-22(23-13-6-14-25-16-24-19-9-4-5-10-20(19)25)21-12-11-17(29-21)15-30(27,28)18-7-2-1-3-8-18/h1-5,7-12,16H,6,13-15H2,(H,23,26). The maximum absolute atomic E-state index is 12.4. The van der Waals surface area contributed by atoms with Gasteiger partial charge in [0, 0.05) is 13.1 Å². The zero-order valence-electron chi connectivity index (χ0n) is 16.2. The van der Waals surface area contributed by atoms with Crippen molar-refractivity contribution in [2.24, 2.45) is 0 Å². The van der Waals surface area contributed by atoms with Crippen LogP contribution in [0.15, 0.2) is 82.4 Å². The number of nitrogens with one attached hydrogen (secondary N) is 1. The summed E-state index contributed by atoms with van der Waals surface area (Å²) in [7, 11) is -3.52. The fraction of sp³-hybridized carbons (Fsp3) is 0.182. The Morgan fingerprint density at radius 2 is 1.77 bits per heavy atom. The molecule has 0 atom stereocenters. The van der Waals surface area contributed by atoms with Gasteiger partial charge in [0.05, 0.1) is 22.3 Å².